The molecule has 74 valence electrons. The normalized spacial score (nSPS) is 11.4. The molecule has 1 aromatic rings. The van der Waals surface area contributed by atoms with Gasteiger partial charge in [0.1, 0.15) is 0 Å². The zero-order valence-electron chi connectivity index (χ0n) is 8.53. The van der Waals surface area contributed by atoms with Crippen LogP contribution in [0.15, 0.2) is 48.6 Å². The van der Waals surface area contributed by atoms with Crippen LogP contribution in [0.4, 0.5) is 0 Å². The average molecular weight is 188 g/mol. The fourth-order valence-electron chi connectivity index (χ4n) is 1.38. The van der Waals surface area contributed by atoms with Crippen molar-refractivity contribution in [3.63, 3.8) is 0 Å². The van der Waals surface area contributed by atoms with Gasteiger partial charge in [-0.3, -0.25) is 0 Å². The van der Waals surface area contributed by atoms with Crippen LogP contribution in [0.3, 0.4) is 0 Å². The van der Waals surface area contributed by atoms with Gasteiger partial charge in [-0.25, -0.2) is 0 Å². The number of allylic oxidation sites excluding steroid dienone is 2. The van der Waals surface area contributed by atoms with Gasteiger partial charge < -0.3 is 5.11 Å². The number of hydrogen-bond acceptors (Lipinski definition) is 1. The summed E-state index contributed by atoms with van der Waals surface area (Å²) in [6.45, 7) is 5.96. The summed E-state index contributed by atoms with van der Waals surface area (Å²) in [6.07, 6.45) is 2.66. The molecule has 0 heterocycles. The number of aliphatic hydroxyl groups excluding tert-OH is 1. The van der Waals surface area contributed by atoms with Gasteiger partial charge in [-0.2, -0.15) is 0 Å². The van der Waals surface area contributed by atoms with Crippen molar-refractivity contribution in [1.29, 1.82) is 0 Å². The topological polar surface area (TPSA) is 20.2 Å². The minimum absolute atomic E-state index is 0.0809. The lowest BCUT2D eigenvalue weighted by atomic mass is 9.99. The monoisotopic (exact) mass is 188 g/mol. The van der Waals surface area contributed by atoms with Crippen LogP contribution in [0.5, 0.6) is 0 Å². The van der Waals surface area contributed by atoms with Crippen LogP contribution < -0.4 is 0 Å². The molecule has 0 saturated heterocycles. The molecule has 0 atom stereocenters. The molecule has 0 aliphatic heterocycles. The lowest BCUT2D eigenvalue weighted by molar-refractivity contribution is 0.343. The first kappa shape index (κ1) is 10.7. The molecule has 1 rings (SSSR count). The summed E-state index contributed by atoms with van der Waals surface area (Å²) in [5, 5.41) is 8.90. The Morgan fingerprint density at radius 3 is 2.50 bits per heavy atom. The maximum atomic E-state index is 8.90. The lowest BCUT2D eigenvalue weighted by Crippen LogP contribution is -1.87. The molecule has 0 spiro atoms. The Kier molecular flexibility index (Phi) is 4.14. The zero-order chi connectivity index (χ0) is 10.4. The van der Waals surface area contributed by atoms with E-state index in [9.17, 15) is 0 Å². The highest BCUT2D eigenvalue weighted by Gasteiger charge is 2.00. The van der Waals surface area contributed by atoms with Crippen LogP contribution in [-0.2, 0) is 0 Å². The second-order valence-electron chi connectivity index (χ2n) is 3.41. The van der Waals surface area contributed by atoms with E-state index in [0.29, 0.717) is 0 Å². The van der Waals surface area contributed by atoms with Crippen LogP contribution in [0, 0.1) is 0 Å². The van der Waals surface area contributed by atoms with Gasteiger partial charge in [0.25, 0.3) is 0 Å². The number of rotatable bonds is 4. The molecule has 0 aliphatic rings. The summed E-state index contributed by atoms with van der Waals surface area (Å²) in [7, 11) is 0. The summed E-state index contributed by atoms with van der Waals surface area (Å²) in [6, 6.07) is 10.1. The maximum absolute atomic E-state index is 8.90. The van der Waals surface area contributed by atoms with Gasteiger partial charge in [0.2, 0.25) is 0 Å². The fourth-order valence-corrected chi connectivity index (χ4v) is 1.38. The molecule has 0 bridgehead atoms. The van der Waals surface area contributed by atoms with Crippen LogP contribution >= 0.6 is 0 Å². The van der Waals surface area contributed by atoms with Crippen molar-refractivity contribution < 1.29 is 5.11 Å². The first-order valence-corrected chi connectivity index (χ1v) is 4.73. The Bertz CT molecular complexity index is 322. The van der Waals surface area contributed by atoms with Crippen LogP contribution in [0.2, 0.25) is 0 Å². The van der Waals surface area contributed by atoms with E-state index < -0.39 is 0 Å². The summed E-state index contributed by atoms with van der Waals surface area (Å²) in [5.41, 5.74) is 3.40. The number of aliphatic hydroxyl groups is 1. The van der Waals surface area contributed by atoms with E-state index in [1.807, 2.05) is 43.3 Å². The van der Waals surface area contributed by atoms with E-state index in [0.717, 1.165) is 23.1 Å². The Morgan fingerprint density at radius 1 is 1.36 bits per heavy atom. The molecular formula is C13H16O. The third-order valence-electron chi connectivity index (χ3n) is 1.97. The second-order valence-corrected chi connectivity index (χ2v) is 3.41. The molecule has 14 heavy (non-hydrogen) atoms. The molecule has 0 aromatic heterocycles. The fraction of sp³-hybridized carbons (Fsp3) is 0.231. The van der Waals surface area contributed by atoms with Crippen LogP contribution in [-0.4, -0.2) is 11.7 Å². The highest BCUT2D eigenvalue weighted by molar-refractivity contribution is 5.67. The number of benzene rings is 1. The van der Waals surface area contributed by atoms with Crippen molar-refractivity contribution in [2.24, 2.45) is 0 Å². The predicted molar refractivity (Wildman–Crippen MR) is 60.9 cm³/mol. The molecule has 0 fully saturated rings. The van der Waals surface area contributed by atoms with E-state index >= 15 is 0 Å². The predicted octanol–water partition coefficient (Wildman–Crippen LogP) is 3.03. The molecule has 1 nitrogen and oxygen atoms in total. The second kappa shape index (κ2) is 5.40. The largest absolute Gasteiger partial charge is 0.392 e. The molecule has 0 unspecified atom stereocenters. The highest BCUT2D eigenvalue weighted by Crippen LogP contribution is 2.20. The standard InChI is InChI=1S/C13H16O/c1-11(2)10-13(8-9-14)12-6-4-3-5-7-12/h3-8,14H,1,9-10H2,2H3/b13-8+. The van der Waals surface area contributed by atoms with Crippen molar-refractivity contribution in [2.45, 2.75) is 13.3 Å². The summed E-state index contributed by atoms with van der Waals surface area (Å²) < 4.78 is 0. The molecular weight excluding hydrogens is 172 g/mol. The molecule has 0 aliphatic carbocycles. The summed E-state index contributed by atoms with van der Waals surface area (Å²) in [5.74, 6) is 0. The quantitative estimate of drug-likeness (QED) is 0.720. The first-order valence-electron chi connectivity index (χ1n) is 4.73. The smallest absolute Gasteiger partial charge is 0.0618 e. The van der Waals surface area contributed by atoms with Gasteiger partial charge in [0.15, 0.2) is 0 Å². The maximum Gasteiger partial charge on any atom is 0.0618 e. The van der Waals surface area contributed by atoms with E-state index in [1.165, 1.54) is 0 Å². The highest BCUT2D eigenvalue weighted by atomic mass is 16.2. The Labute approximate surface area is 85.4 Å². The SMILES string of the molecule is C=C(C)C/C(=C\CO)c1ccccc1. The van der Waals surface area contributed by atoms with Gasteiger partial charge in [-0.05, 0) is 24.5 Å². The molecule has 0 radical (unpaired) electrons. The minimum Gasteiger partial charge on any atom is -0.392 e. The van der Waals surface area contributed by atoms with E-state index in [2.05, 4.69) is 6.58 Å². The van der Waals surface area contributed by atoms with Crippen molar-refractivity contribution in [3.8, 4) is 0 Å². The molecule has 1 aromatic carbocycles. The van der Waals surface area contributed by atoms with Crippen molar-refractivity contribution in [2.75, 3.05) is 6.61 Å². The Morgan fingerprint density at radius 2 is 2.00 bits per heavy atom. The van der Waals surface area contributed by atoms with E-state index in [4.69, 9.17) is 5.11 Å². The molecule has 1 N–H and O–H groups in total. The molecule has 1 heteroatoms. The Balaban J connectivity index is 2.89. The van der Waals surface area contributed by atoms with E-state index in [1.54, 1.807) is 0 Å². The minimum atomic E-state index is 0.0809. The van der Waals surface area contributed by atoms with Gasteiger partial charge >= 0.3 is 0 Å². The van der Waals surface area contributed by atoms with E-state index in [-0.39, 0.29) is 6.61 Å². The van der Waals surface area contributed by atoms with Gasteiger partial charge in [-0.15, -0.1) is 0 Å². The third kappa shape index (κ3) is 3.19. The molecule has 0 amide bonds. The van der Waals surface area contributed by atoms with Crippen LogP contribution in [0.25, 0.3) is 5.57 Å². The lowest BCUT2D eigenvalue weighted by Gasteiger charge is -2.06. The van der Waals surface area contributed by atoms with Gasteiger partial charge in [0.05, 0.1) is 6.61 Å². The van der Waals surface area contributed by atoms with Crippen molar-refractivity contribution in [3.05, 3.63) is 54.1 Å². The van der Waals surface area contributed by atoms with Gasteiger partial charge in [-0.1, -0.05) is 48.6 Å². The van der Waals surface area contributed by atoms with Crippen molar-refractivity contribution in [1.82, 2.24) is 0 Å². The summed E-state index contributed by atoms with van der Waals surface area (Å²) >= 11 is 0. The van der Waals surface area contributed by atoms with Crippen LogP contribution in [0.1, 0.15) is 18.9 Å². The first-order chi connectivity index (χ1) is 6.74. The Hall–Kier alpha value is -1.34. The van der Waals surface area contributed by atoms with Gasteiger partial charge in [0, 0.05) is 0 Å². The average Bonchev–Trinajstić information content (AvgIpc) is 2.18. The summed E-state index contributed by atoms with van der Waals surface area (Å²) in [4.78, 5) is 0. The van der Waals surface area contributed by atoms with Crippen molar-refractivity contribution >= 4 is 5.57 Å². The number of hydrogen-bond donors (Lipinski definition) is 1. The molecule has 0 saturated carbocycles. The zero-order valence-corrected chi connectivity index (χ0v) is 8.53. The third-order valence-corrected chi connectivity index (χ3v) is 1.97.